The van der Waals surface area contributed by atoms with Gasteiger partial charge in [0, 0.05) is 50.0 Å². The molecular formula is C39H57N5O6. The number of anilines is 1. The highest BCUT2D eigenvalue weighted by Gasteiger charge is 2.41. The highest BCUT2D eigenvalue weighted by atomic mass is 16.7. The number of benzene rings is 2. The molecule has 1 aliphatic heterocycles. The number of hydroxylamine groups is 1. The van der Waals surface area contributed by atoms with E-state index in [0.717, 1.165) is 61.5 Å². The Bertz CT molecular complexity index is 1470. The van der Waals surface area contributed by atoms with Gasteiger partial charge in [-0.3, -0.25) is 24.0 Å². The minimum Gasteiger partial charge on any atom is -0.388 e. The molecule has 3 aromatic rings. The number of nitrogens with two attached hydrogens (primary N) is 1. The molecule has 3 fully saturated rings. The third-order valence-electron chi connectivity index (χ3n) is 8.16. The zero-order chi connectivity index (χ0) is 36.6. The van der Waals surface area contributed by atoms with Crippen LogP contribution in [0.25, 0.3) is 10.8 Å². The number of rotatable bonds is 11. The number of aromatic amines is 1. The number of hydrogen-bond acceptors (Lipinski definition) is 7. The van der Waals surface area contributed by atoms with Gasteiger partial charge in [0.25, 0.3) is 5.56 Å². The van der Waals surface area contributed by atoms with E-state index in [-0.39, 0.29) is 29.7 Å². The van der Waals surface area contributed by atoms with Crippen molar-refractivity contribution in [2.45, 2.75) is 83.8 Å². The summed E-state index contributed by atoms with van der Waals surface area (Å²) in [5, 5.41) is 4.88. The summed E-state index contributed by atoms with van der Waals surface area (Å²) < 4.78 is 4.25. The average Bonchev–Trinajstić information content (AvgIpc) is 4.06. The van der Waals surface area contributed by atoms with Gasteiger partial charge >= 0.3 is 0 Å². The number of unbranched alkanes of at least 4 members (excludes halogenated alkanes) is 3. The highest BCUT2D eigenvalue weighted by molar-refractivity contribution is 5.82. The molecule has 50 heavy (non-hydrogen) atoms. The number of likely N-dealkylation sites (tertiary alicyclic amines) is 1. The van der Waals surface area contributed by atoms with E-state index in [0.29, 0.717) is 24.6 Å². The molecule has 2 aromatic carbocycles. The van der Waals surface area contributed by atoms with E-state index < -0.39 is 0 Å². The fraction of sp³-hybridized carbons (Fsp3) is 0.487. The van der Waals surface area contributed by atoms with Crippen LogP contribution in [0.15, 0.2) is 83.8 Å². The van der Waals surface area contributed by atoms with Gasteiger partial charge in [-0.2, -0.15) is 0 Å². The SMILES string of the molecule is CC1CCCN1C(=O)CNc1ccccc1.CCCCC/C=C\C1CC1C(=O)NOC1CC1.COC.NC=O.O=c1[nH]ccc2ccccc12. The minimum absolute atomic E-state index is 0.0249. The largest absolute Gasteiger partial charge is 0.388 e. The number of allylic oxidation sites excluding steroid dienone is 2. The third kappa shape index (κ3) is 16.8. The van der Waals surface area contributed by atoms with Gasteiger partial charge in [-0.25, -0.2) is 5.48 Å². The number of carbonyl (C=O) groups excluding carboxylic acids is 3. The first kappa shape index (κ1) is 41.7. The standard InChI is InChI=1S/C14H23NO2.C13H18N2O.C9H7NO.C2H6O.CH3NO/c1-2-3-4-5-6-7-11-10-13(11)14(16)15-17-12-8-9-12;1-11-6-5-9-15(11)13(16)10-14-12-7-3-2-4-8-12;11-9-8-4-2-1-3-7(8)5-6-10-9;1-3-2;2-1-3/h6-7,11-13H,2-5,8-10H2,1H3,(H,15,16);2-4,7-8,11,14H,5-6,9-10H2,1H3;1-6H,(H,10,11);1-2H3;1H,(H2,2,3)/b7-6-;;;;. The van der Waals surface area contributed by atoms with Crippen LogP contribution in [-0.4, -0.2) is 67.6 Å². The normalized spacial score (nSPS) is 18.5. The lowest BCUT2D eigenvalue weighted by Crippen LogP contribution is -2.37. The quantitative estimate of drug-likeness (QED) is 0.0836. The maximum absolute atomic E-state index is 11.9. The number of primary amides is 1. The fourth-order valence-electron chi connectivity index (χ4n) is 5.19. The van der Waals surface area contributed by atoms with Gasteiger partial charge in [-0.1, -0.05) is 68.3 Å². The van der Waals surface area contributed by atoms with Crippen LogP contribution in [0.5, 0.6) is 0 Å². The van der Waals surface area contributed by atoms with Crippen molar-refractivity contribution in [3.63, 3.8) is 0 Å². The summed E-state index contributed by atoms with van der Waals surface area (Å²) in [5.41, 5.74) is 7.72. The number of nitrogens with zero attached hydrogens (tertiary/aromatic N) is 1. The highest BCUT2D eigenvalue weighted by Crippen LogP contribution is 2.40. The minimum atomic E-state index is -0.0249. The van der Waals surface area contributed by atoms with Gasteiger partial charge in [-0.05, 0) is 87.4 Å². The van der Waals surface area contributed by atoms with Crippen LogP contribution >= 0.6 is 0 Å². The Morgan fingerprint density at radius 3 is 2.32 bits per heavy atom. The second-order valence-electron chi connectivity index (χ2n) is 12.4. The van der Waals surface area contributed by atoms with E-state index in [1.807, 2.05) is 65.6 Å². The summed E-state index contributed by atoms with van der Waals surface area (Å²) in [6, 6.07) is 19.6. The lowest BCUT2D eigenvalue weighted by atomic mass is 10.2. The molecule has 0 bridgehead atoms. The predicted molar refractivity (Wildman–Crippen MR) is 200 cm³/mol. The van der Waals surface area contributed by atoms with Crippen LogP contribution in [0.1, 0.15) is 71.6 Å². The van der Waals surface area contributed by atoms with Crippen LogP contribution < -0.4 is 22.1 Å². The molecule has 0 radical (unpaired) electrons. The molecule has 2 saturated carbocycles. The number of H-pyrrole nitrogens is 1. The van der Waals surface area contributed by atoms with Crippen molar-refractivity contribution in [1.29, 1.82) is 0 Å². The van der Waals surface area contributed by atoms with Crippen LogP contribution in [0.4, 0.5) is 5.69 Å². The second-order valence-corrected chi connectivity index (χ2v) is 12.4. The average molecular weight is 692 g/mol. The Labute approximate surface area is 296 Å². The molecule has 0 spiro atoms. The van der Waals surface area contributed by atoms with Gasteiger partial charge in [-0.15, -0.1) is 0 Å². The summed E-state index contributed by atoms with van der Waals surface area (Å²) in [5.74, 6) is 0.893. The molecule has 2 aliphatic carbocycles. The van der Waals surface area contributed by atoms with Gasteiger partial charge in [0.15, 0.2) is 0 Å². The number of hydrogen-bond donors (Lipinski definition) is 4. The second kappa shape index (κ2) is 24.6. The summed E-state index contributed by atoms with van der Waals surface area (Å²) in [7, 11) is 3.25. The first-order valence-corrected chi connectivity index (χ1v) is 17.6. The number of methoxy groups -OCH3 is 1. The number of pyridine rings is 1. The molecule has 3 amide bonds. The maximum Gasteiger partial charge on any atom is 0.255 e. The number of nitrogens with one attached hydrogen (secondary N) is 3. The summed E-state index contributed by atoms with van der Waals surface area (Å²) >= 11 is 0. The van der Waals surface area contributed by atoms with Crippen molar-refractivity contribution >= 4 is 34.7 Å². The first-order chi connectivity index (χ1) is 24.3. The fourth-order valence-corrected chi connectivity index (χ4v) is 5.19. The number of carbonyl (C=O) groups is 3. The monoisotopic (exact) mass is 691 g/mol. The maximum atomic E-state index is 11.9. The number of ether oxygens (including phenoxy) is 1. The van der Waals surface area contributed by atoms with Crippen molar-refractivity contribution in [2.24, 2.45) is 17.6 Å². The number of para-hydroxylation sites is 1. The molecule has 1 aromatic heterocycles. The number of fused-ring (bicyclic) bond motifs is 1. The Kier molecular flexibility index (Phi) is 20.5. The topological polar surface area (TPSA) is 156 Å². The van der Waals surface area contributed by atoms with Gasteiger partial charge in [0.2, 0.25) is 18.2 Å². The van der Waals surface area contributed by atoms with E-state index in [2.05, 4.69) is 52.3 Å². The molecule has 3 atom stereocenters. The van der Waals surface area contributed by atoms with Crippen molar-refractivity contribution in [3.05, 3.63) is 89.4 Å². The lowest BCUT2D eigenvalue weighted by Gasteiger charge is -2.21. The molecule has 11 nitrogen and oxygen atoms in total. The van der Waals surface area contributed by atoms with Crippen LogP contribution in [0.3, 0.4) is 0 Å². The predicted octanol–water partition coefficient (Wildman–Crippen LogP) is 5.97. The lowest BCUT2D eigenvalue weighted by molar-refractivity contribution is -0.136. The van der Waals surface area contributed by atoms with Crippen molar-refractivity contribution in [2.75, 3.05) is 32.6 Å². The molecule has 11 heteroatoms. The van der Waals surface area contributed by atoms with Gasteiger partial charge < -0.3 is 25.7 Å². The van der Waals surface area contributed by atoms with Crippen molar-refractivity contribution in [3.8, 4) is 0 Å². The van der Waals surface area contributed by atoms with E-state index in [1.165, 1.54) is 19.3 Å². The third-order valence-corrected chi connectivity index (χ3v) is 8.16. The first-order valence-electron chi connectivity index (χ1n) is 17.6. The smallest absolute Gasteiger partial charge is 0.255 e. The Morgan fingerprint density at radius 1 is 1.02 bits per heavy atom. The summed E-state index contributed by atoms with van der Waals surface area (Å²) in [6.45, 7) is 5.64. The van der Waals surface area contributed by atoms with Gasteiger partial charge in [0.05, 0.1) is 12.6 Å². The molecule has 2 heterocycles. The number of aromatic nitrogens is 1. The molecule has 274 valence electrons. The molecule has 6 rings (SSSR count). The zero-order valence-electron chi connectivity index (χ0n) is 30.1. The molecule has 5 N–H and O–H groups in total. The van der Waals surface area contributed by atoms with Crippen LogP contribution in [0.2, 0.25) is 0 Å². The van der Waals surface area contributed by atoms with Crippen LogP contribution in [0, 0.1) is 11.8 Å². The molecular weight excluding hydrogens is 634 g/mol. The zero-order valence-corrected chi connectivity index (χ0v) is 30.1. The number of amides is 3. The van der Waals surface area contributed by atoms with Crippen LogP contribution in [-0.2, 0) is 24.0 Å². The van der Waals surface area contributed by atoms with E-state index >= 15 is 0 Å². The molecule has 1 saturated heterocycles. The Morgan fingerprint density at radius 2 is 1.70 bits per heavy atom. The summed E-state index contributed by atoms with van der Waals surface area (Å²) in [6.07, 6.45) is 17.1. The van der Waals surface area contributed by atoms with E-state index in [9.17, 15) is 14.4 Å². The van der Waals surface area contributed by atoms with Gasteiger partial charge in [0.1, 0.15) is 0 Å². The molecule has 3 aliphatic rings. The van der Waals surface area contributed by atoms with E-state index in [1.54, 1.807) is 20.4 Å². The Hall–Kier alpha value is -4.48. The van der Waals surface area contributed by atoms with Crippen molar-refractivity contribution < 1.29 is 24.0 Å². The molecule has 3 unspecified atom stereocenters. The van der Waals surface area contributed by atoms with E-state index in [4.69, 9.17) is 9.63 Å². The Balaban J connectivity index is 0.000000245. The summed E-state index contributed by atoms with van der Waals surface area (Å²) in [4.78, 5) is 53.0. The van der Waals surface area contributed by atoms with Crippen molar-refractivity contribution in [1.82, 2.24) is 15.4 Å².